The lowest BCUT2D eigenvalue weighted by atomic mass is 9.43. The first-order valence-electron chi connectivity index (χ1n) is 14.5. The molecule has 0 saturated heterocycles. The SMILES string of the molecule is CC12CCC(OC(=O)Oc3ccc([N+](=O)[O-])cc3)CC1CCC1[C@@H]2CCC2(C)C(c3ccc(=O)oc3)CCC12O. The van der Waals surface area contributed by atoms with Gasteiger partial charge in [0.15, 0.2) is 0 Å². The molecule has 0 bridgehead atoms. The van der Waals surface area contributed by atoms with E-state index < -0.39 is 16.7 Å². The van der Waals surface area contributed by atoms with E-state index in [4.69, 9.17) is 13.9 Å². The Labute approximate surface area is 233 Å². The summed E-state index contributed by atoms with van der Waals surface area (Å²) in [4.78, 5) is 34.4. The highest BCUT2D eigenvalue weighted by Gasteiger charge is 2.67. The average Bonchev–Trinajstić information content (AvgIpc) is 3.20. The fourth-order valence-electron chi connectivity index (χ4n) is 9.29. The van der Waals surface area contributed by atoms with Crippen LogP contribution in [-0.4, -0.2) is 27.9 Å². The summed E-state index contributed by atoms with van der Waals surface area (Å²) in [6.45, 7) is 4.62. The van der Waals surface area contributed by atoms with Crippen LogP contribution >= 0.6 is 0 Å². The Balaban J connectivity index is 1.12. The van der Waals surface area contributed by atoms with Crippen LogP contribution < -0.4 is 10.4 Å². The van der Waals surface area contributed by atoms with Crippen molar-refractivity contribution >= 4 is 11.8 Å². The first-order chi connectivity index (χ1) is 19.0. The number of fused-ring (bicyclic) bond motifs is 5. The van der Waals surface area contributed by atoms with E-state index >= 15 is 0 Å². The van der Waals surface area contributed by atoms with Gasteiger partial charge in [0, 0.05) is 23.6 Å². The van der Waals surface area contributed by atoms with Gasteiger partial charge in [0.25, 0.3) is 5.69 Å². The molecule has 9 nitrogen and oxygen atoms in total. The van der Waals surface area contributed by atoms with E-state index in [1.165, 1.54) is 30.3 Å². The molecule has 0 radical (unpaired) electrons. The zero-order valence-corrected chi connectivity index (χ0v) is 23.0. The third-order valence-electron chi connectivity index (χ3n) is 11.4. The van der Waals surface area contributed by atoms with Gasteiger partial charge in [-0.1, -0.05) is 13.8 Å². The summed E-state index contributed by atoms with van der Waals surface area (Å²) >= 11 is 0. The van der Waals surface area contributed by atoms with Gasteiger partial charge in [-0.05, 0) is 111 Å². The molecule has 8 atom stereocenters. The summed E-state index contributed by atoms with van der Waals surface area (Å²) in [5, 5.41) is 23.2. The molecule has 0 aliphatic heterocycles. The lowest BCUT2D eigenvalue weighted by Crippen LogP contribution is -2.62. The van der Waals surface area contributed by atoms with Gasteiger partial charge in [0.1, 0.15) is 11.9 Å². The fourth-order valence-corrected chi connectivity index (χ4v) is 9.29. The summed E-state index contributed by atoms with van der Waals surface area (Å²) in [7, 11) is 0. The van der Waals surface area contributed by atoms with Gasteiger partial charge in [0.2, 0.25) is 0 Å². The maximum Gasteiger partial charge on any atom is 0.514 e. The van der Waals surface area contributed by atoms with Crippen molar-refractivity contribution in [2.24, 2.45) is 28.6 Å². The third kappa shape index (κ3) is 4.24. The number of hydrogen-bond donors (Lipinski definition) is 1. The normalized spacial score (nSPS) is 38.4. The largest absolute Gasteiger partial charge is 0.514 e. The molecule has 1 aromatic heterocycles. The predicted molar refractivity (Wildman–Crippen MR) is 145 cm³/mol. The topological polar surface area (TPSA) is 129 Å². The van der Waals surface area contributed by atoms with Crippen molar-refractivity contribution in [2.45, 2.75) is 89.3 Å². The number of ether oxygens (including phenoxy) is 2. The van der Waals surface area contributed by atoms with E-state index in [-0.39, 0.29) is 45.8 Å². The van der Waals surface area contributed by atoms with E-state index in [2.05, 4.69) is 13.8 Å². The number of carbonyl (C=O) groups is 1. The van der Waals surface area contributed by atoms with E-state index in [0.717, 1.165) is 63.4 Å². The van der Waals surface area contributed by atoms with Crippen LogP contribution in [0.25, 0.3) is 0 Å². The van der Waals surface area contributed by atoms with E-state index in [9.17, 15) is 24.8 Å². The number of carbonyl (C=O) groups excluding carboxylic acids is 1. The molecule has 4 aliphatic carbocycles. The molecular weight excluding hydrogens is 514 g/mol. The molecule has 0 spiro atoms. The number of non-ortho nitro benzene ring substituents is 1. The summed E-state index contributed by atoms with van der Waals surface area (Å²) in [6.07, 6.45) is 8.57. The van der Waals surface area contributed by atoms with Crippen LogP contribution in [0, 0.1) is 38.7 Å². The highest BCUT2D eigenvalue weighted by molar-refractivity contribution is 5.64. The molecule has 2 aromatic rings. The maximum atomic E-state index is 12.5. The molecule has 40 heavy (non-hydrogen) atoms. The number of aliphatic hydroxyl groups is 1. The van der Waals surface area contributed by atoms with Crippen LogP contribution in [0.3, 0.4) is 0 Å². The molecule has 1 heterocycles. The predicted octanol–water partition coefficient (Wildman–Crippen LogP) is 6.37. The maximum absolute atomic E-state index is 12.5. The Bertz CT molecular complexity index is 1340. The van der Waals surface area contributed by atoms with Crippen molar-refractivity contribution in [3.05, 3.63) is 68.8 Å². The molecule has 0 amide bonds. The van der Waals surface area contributed by atoms with Crippen LogP contribution in [0.5, 0.6) is 5.75 Å². The first kappa shape index (κ1) is 27.0. The molecule has 9 heteroatoms. The second kappa shape index (κ2) is 9.72. The molecule has 214 valence electrons. The Morgan fingerprint density at radius 1 is 1.00 bits per heavy atom. The van der Waals surface area contributed by atoms with Crippen molar-refractivity contribution in [1.82, 2.24) is 0 Å². The standard InChI is InChI=1S/C31H37NO8/c1-29-14-11-23(40-28(34)39-22-7-5-21(6-8-22)32(36)37)17-20(29)4-9-26-25(29)12-15-30(2)24(13-16-31(26,30)35)19-3-10-27(33)38-18-19/h3,5-8,10,18,20,23-26,35H,4,9,11-17H2,1-2H3/t20?,23?,24?,25-,26?,29?,30?,31?/m0/s1. The van der Waals surface area contributed by atoms with Gasteiger partial charge in [-0.25, -0.2) is 9.59 Å². The Morgan fingerprint density at radius 3 is 2.48 bits per heavy atom. The Hall–Kier alpha value is -3.20. The van der Waals surface area contributed by atoms with Crippen molar-refractivity contribution in [3.63, 3.8) is 0 Å². The lowest BCUT2D eigenvalue weighted by Gasteiger charge is -2.63. The minimum atomic E-state index is -0.785. The second-order valence-electron chi connectivity index (χ2n) is 13.0. The highest BCUT2D eigenvalue weighted by atomic mass is 16.7. The number of nitro groups is 1. The van der Waals surface area contributed by atoms with Crippen LogP contribution in [0.15, 0.2) is 51.9 Å². The van der Waals surface area contributed by atoms with Gasteiger partial charge in [-0.3, -0.25) is 10.1 Å². The van der Waals surface area contributed by atoms with Crippen LogP contribution in [0.2, 0.25) is 0 Å². The number of rotatable bonds is 4. The quantitative estimate of drug-likeness (QED) is 0.201. The minimum Gasteiger partial charge on any atom is -0.431 e. The first-order valence-corrected chi connectivity index (χ1v) is 14.5. The summed E-state index contributed by atoms with van der Waals surface area (Å²) < 4.78 is 16.2. The molecule has 4 fully saturated rings. The minimum absolute atomic E-state index is 0.0692. The number of nitrogens with zero attached hydrogens (tertiary/aromatic N) is 1. The van der Waals surface area contributed by atoms with Crippen LogP contribution in [0.4, 0.5) is 10.5 Å². The van der Waals surface area contributed by atoms with Gasteiger partial charge in [0.05, 0.1) is 16.8 Å². The number of benzene rings is 1. The molecule has 6 rings (SSSR count). The molecule has 7 unspecified atom stereocenters. The fraction of sp³-hybridized carbons (Fsp3) is 0.613. The van der Waals surface area contributed by atoms with Crippen molar-refractivity contribution in [3.8, 4) is 5.75 Å². The monoisotopic (exact) mass is 551 g/mol. The van der Waals surface area contributed by atoms with Crippen molar-refractivity contribution in [1.29, 1.82) is 0 Å². The molecule has 1 aromatic carbocycles. The number of nitro benzene ring substituents is 1. The molecule has 1 N–H and O–H groups in total. The zero-order valence-electron chi connectivity index (χ0n) is 23.0. The Morgan fingerprint density at radius 2 is 1.77 bits per heavy atom. The van der Waals surface area contributed by atoms with E-state index in [1.807, 2.05) is 6.07 Å². The second-order valence-corrected chi connectivity index (χ2v) is 13.0. The lowest BCUT2D eigenvalue weighted by molar-refractivity contribution is -0.384. The van der Waals surface area contributed by atoms with Crippen LogP contribution in [0.1, 0.15) is 83.1 Å². The summed E-state index contributed by atoms with van der Waals surface area (Å²) in [5.74, 6) is 1.40. The van der Waals surface area contributed by atoms with Crippen molar-refractivity contribution in [2.75, 3.05) is 0 Å². The smallest absolute Gasteiger partial charge is 0.431 e. The van der Waals surface area contributed by atoms with Crippen LogP contribution in [-0.2, 0) is 4.74 Å². The molecule has 4 saturated carbocycles. The molecule has 4 aliphatic rings. The van der Waals surface area contributed by atoms with Gasteiger partial charge >= 0.3 is 11.8 Å². The number of hydrogen-bond acceptors (Lipinski definition) is 8. The third-order valence-corrected chi connectivity index (χ3v) is 11.4. The Kier molecular flexibility index (Phi) is 6.56. The van der Waals surface area contributed by atoms with E-state index in [0.29, 0.717) is 11.8 Å². The summed E-state index contributed by atoms with van der Waals surface area (Å²) in [5.41, 5.74) is -0.367. The van der Waals surface area contributed by atoms with Gasteiger partial charge in [-0.2, -0.15) is 0 Å². The molecular formula is C31H37NO8. The average molecular weight is 552 g/mol. The zero-order chi connectivity index (χ0) is 28.3. The van der Waals surface area contributed by atoms with Crippen molar-refractivity contribution < 1.29 is 28.7 Å². The van der Waals surface area contributed by atoms with E-state index in [1.54, 1.807) is 6.26 Å². The van der Waals surface area contributed by atoms with Gasteiger partial charge in [-0.15, -0.1) is 0 Å². The van der Waals surface area contributed by atoms with Gasteiger partial charge < -0.3 is 19.0 Å². The summed E-state index contributed by atoms with van der Waals surface area (Å²) in [6, 6.07) is 8.71. The highest BCUT2D eigenvalue weighted by Crippen LogP contribution is 2.70.